The number of hydrogen-bond donors (Lipinski definition) is 2. The van der Waals surface area contributed by atoms with Crippen molar-refractivity contribution in [3.8, 4) is 11.8 Å². The van der Waals surface area contributed by atoms with E-state index in [0.717, 1.165) is 0 Å². The molecule has 0 bridgehead atoms. The minimum absolute atomic E-state index is 0.0563. The van der Waals surface area contributed by atoms with E-state index in [9.17, 15) is 15.0 Å². The van der Waals surface area contributed by atoms with Crippen molar-refractivity contribution in [3.63, 3.8) is 0 Å². The van der Waals surface area contributed by atoms with Gasteiger partial charge in [0.15, 0.2) is 12.4 Å². The SMILES string of the molecule is CC(=O)OCc1nc(O)c(C)c(O)n1. The van der Waals surface area contributed by atoms with E-state index in [0.29, 0.717) is 0 Å². The van der Waals surface area contributed by atoms with Gasteiger partial charge in [0, 0.05) is 6.92 Å². The zero-order valence-electron chi connectivity index (χ0n) is 7.81. The number of hydrogen-bond acceptors (Lipinski definition) is 6. The van der Waals surface area contributed by atoms with Crippen LogP contribution >= 0.6 is 0 Å². The molecule has 1 aromatic heterocycles. The zero-order chi connectivity index (χ0) is 10.7. The van der Waals surface area contributed by atoms with Crippen molar-refractivity contribution in [3.05, 3.63) is 11.4 Å². The lowest BCUT2D eigenvalue weighted by atomic mass is 10.3. The number of nitrogens with zero attached hydrogens (tertiary/aromatic N) is 2. The number of esters is 1. The molecule has 0 radical (unpaired) electrons. The Bertz CT molecular complexity index is 341. The molecule has 0 aliphatic carbocycles. The van der Waals surface area contributed by atoms with Crippen LogP contribution in [0.25, 0.3) is 0 Å². The van der Waals surface area contributed by atoms with Gasteiger partial charge in [-0.15, -0.1) is 0 Å². The van der Waals surface area contributed by atoms with Gasteiger partial charge in [0.1, 0.15) is 0 Å². The number of ether oxygens (including phenoxy) is 1. The largest absolute Gasteiger partial charge is 0.493 e. The van der Waals surface area contributed by atoms with Crippen molar-refractivity contribution in [1.82, 2.24) is 9.97 Å². The first-order chi connectivity index (χ1) is 6.50. The third-order valence-electron chi connectivity index (χ3n) is 1.55. The monoisotopic (exact) mass is 198 g/mol. The topological polar surface area (TPSA) is 92.5 Å². The molecule has 76 valence electrons. The first kappa shape index (κ1) is 10.2. The molecule has 1 rings (SSSR count). The standard InChI is InChI=1S/C8H10N2O4/c1-4-7(12)9-6(10-8(4)13)3-14-5(2)11/h3H2,1-2H3,(H2,9,10,12,13). The highest BCUT2D eigenvalue weighted by Crippen LogP contribution is 2.20. The van der Waals surface area contributed by atoms with Gasteiger partial charge >= 0.3 is 5.97 Å². The second-order valence-electron chi connectivity index (χ2n) is 2.69. The van der Waals surface area contributed by atoms with Crippen LogP contribution in [0.1, 0.15) is 18.3 Å². The molecule has 0 saturated heterocycles. The smallest absolute Gasteiger partial charge is 0.303 e. The van der Waals surface area contributed by atoms with Gasteiger partial charge < -0.3 is 14.9 Å². The molecule has 1 aromatic rings. The summed E-state index contributed by atoms with van der Waals surface area (Å²) in [5.74, 6) is -1.06. The minimum atomic E-state index is -0.479. The highest BCUT2D eigenvalue weighted by atomic mass is 16.5. The number of aromatic hydroxyl groups is 2. The molecular formula is C8H10N2O4. The van der Waals surface area contributed by atoms with Gasteiger partial charge in [0.25, 0.3) is 0 Å². The van der Waals surface area contributed by atoms with Crippen LogP contribution in [0.15, 0.2) is 0 Å². The molecule has 0 spiro atoms. The maximum absolute atomic E-state index is 10.5. The summed E-state index contributed by atoms with van der Waals surface area (Å²) in [6.45, 7) is 2.55. The van der Waals surface area contributed by atoms with Crippen molar-refractivity contribution in [2.75, 3.05) is 0 Å². The summed E-state index contributed by atoms with van der Waals surface area (Å²) in [6.07, 6.45) is 0. The van der Waals surface area contributed by atoms with E-state index in [1.807, 2.05) is 0 Å². The molecule has 0 aromatic carbocycles. The maximum Gasteiger partial charge on any atom is 0.303 e. The van der Waals surface area contributed by atoms with E-state index in [2.05, 4.69) is 14.7 Å². The summed E-state index contributed by atoms with van der Waals surface area (Å²) in [4.78, 5) is 17.7. The Morgan fingerprint density at radius 3 is 2.29 bits per heavy atom. The van der Waals surface area contributed by atoms with Crippen LogP contribution in [0.3, 0.4) is 0 Å². The Morgan fingerprint density at radius 1 is 1.36 bits per heavy atom. The summed E-state index contributed by atoms with van der Waals surface area (Å²) in [5.41, 5.74) is 0.191. The number of carbonyl (C=O) groups is 1. The average Bonchev–Trinajstić information content (AvgIpc) is 2.10. The molecular weight excluding hydrogens is 188 g/mol. The first-order valence-electron chi connectivity index (χ1n) is 3.89. The highest BCUT2D eigenvalue weighted by Gasteiger charge is 2.09. The molecule has 0 saturated carbocycles. The van der Waals surface area contributed by atoms with Gasteiger partial charge in [-0.05, 0) is 6.92 Å². The Balaban J connectivity index is 2.84. The Morgan fingerprint density at radius 2 is 1.86 bits per heavy atom. The van der Waals surface area contributed by atoms with E-state index in [1.54, 1.807) is 0 Å². The lowest BCUT2D eigenvalue weighted by molar-refractivity contribution is -0.142. The van der Waals surface area contributed by atoms with Crippen LogP contribution in [-0.2, 0) is 16.1 Å². The highest BCUT2D eigenvalue weighted by molar-refractivity contribution is 5.65. The summed E-state index contributed by atoms with van der Waals surface area (Å²) in [5, 5.41) is 18.4. The van der Waals surface area contributed by atoms with Crippen LogP contribution in [-0.4, -0.2) is 26.2 Å². The molecule has 6 heteroatoms. The summed E-state index contributed by atoms with van der Waals surface area (Å²) < 4.78 is 4.59. The summed E-state index contributed by atoms with van der Waals surface area (Å²) >= 11 is 0. The van der Waals surface area contributed by atoms with E-state index in [4.69, 9.17) is 0 Å². The third-order valence-corrected chi connectivity index (χ3v) is 1.55. The average molecular weight is 198 g/mol. The lowest BCUT2D eigenvalue weighted by Crippen LogP contribution is -2.03. The molecule has 1 heterocycles. The summed E-state index contributed by atoms with van der Waals surface area (Å²) in [6, 6.07) is 0. The number of rotatable bonds is 2. The van der Waals surface area contributed by atoms with E-state index in [-0.39, 0.29) is 29.8 Å². The normalized spacial score (nSPS) is 9.86. The van der Waals surface area contributed by atoms with Crippen LogP contribution in [0.2, 0.25) is 0 Å². The predicted molar refractivity (Wildman–Crippen MR) is 45.6 cm³/mol. The molecule has 0 atom stereocenters. The van der Waals surface area contributed by atoms with E-state index < -0.39 is 5.97 Å². The van der Waals surface area contributed by atoms with Gasteiger partial charge in [-0.25, -0.2) is 0 Å². The Kier molecular flexibility index (Phi) is 2.85. The minimum Gasteiger partial charge on any atom is -0.493 e. The Hall–Kier alpha value is -1.85. The fourth-order valence-corrected chi connectivity index (χ4v) is 0.768. The molecule has 0 unspecified atom stereocenters. The van der Waals surface area contributed by atoms with E-state index >= 15 is 0 Å². The van der Waals surface area contributed by atoms with Crippen LogP contribution in [0, 0.1) is 6.92 Å². The van der Waals surface area contributed by atoms with Crippen LogP contribution in [0.5, 0.6) is 11.8 Å². The Labute approximate surface area is 80.2 Å². The van der Waals surface area contributed by atoms with Crippen molar-refractivity contribution >= 4 is 5.97 Å². The van der Waals surface area contributed by atoms with Gasteiger partial charge in [0.2, 0.25) is 11.8 Å². The van der Waals surface area contributed by atoms with Gasteiger partial charge in [-0.3, -0.25) is 4.79 Å². The molecule has 0 aliphatic rings. The summed E-state index contributed by atoms with van der Waals surface area (Å²) in [7, 11) is 0. The third kappa shape index (κ3) is 2.32. The molecule has 6 nitrogen and oxygen atoms in total. The fraction of sp³-hybridized carbons (Fsp3) is 0.375. The van der Waals surface area contributed by atoms with Gasteiger partial charge in [-0.1, -0.05) is 0 Å². The lowest BCUT2D eigenvalue weighted by Gasteiger charge is -2.04. The molecule has 0 amide bonds. The molecule has 0 fully saturated rings. The fourth-order valence-electron chi connectivity index (χ4n) is 0.768. The van der Waals surface area contributed by atoms with Crippen molar-refractivity contribution < 1.29 is 19.7 Å². The maximum atomic E-state index is 10.5. The van der Waals surface area contributed by atoms with Crippen LogP contribution < -0.4 is 0 Å². The molecule has 14 heavy (non-hydrogen) atoms. The van der Waals surface area contributed by atoms with Crippen molar-refractivity contribution in [1.29, 1.82) is 0 Å². The second-order valence-corrected chi connectivity index (χ2v) is 2.69. The van der Waals surface area contributed by atoms with Crippen molar-refractivity contribution in [2.45, 2.75) is 20.5 Å². The predicted octanol–water partition coefficient (Wildman–Crippen LogP) is 0.259. The number of carbonyl (C=O) groups excluding carboxylic acids is 1. The van der Waals surface area contributed by atoms with Gasteiger partial charge in [-0.2, -0.15) is 9.97 Å². The number of aromatic nitrogens is 2. The zero-order valence-corrected chi connectivity index (χ0v) is 7.81. The van der Waals surface area contributed by atoms with Crippen LogP contribution in [0.4, 0.5) is 0 Å². The van der Waals surface area contributed by atoms with E-state index in [1.165, 1.54) is 13.8 Å². The second kappa shape index (κ2) is 3.91. The van der Waals surface area contributed by atoms with Gasteiger partial charge in [0.05, 0.1) is 5.56 Å². The molecule has 0 aliphatic heterocycles. The molecule has 2 N–H and O–H groups in total. The first-order valence-corrected chi connectivity index (χ1v) is 3.89. The van der Waals surface area contributed by atoms with Crippen molar-refractivity contribution in [2.24, 2.45) is 0 Å². The quantitative estimate of drug-likeness (QED) is 0.662.